The third kappa shape index (κ3) is 2.97. The van der Waals surface area contributed by atoms with Crippen molar-refractivity contribution in [2.75, 3.05) is 19.6 Å². The third-order valence-electron chi connectivity index (χ3n) is 4.68. The molecule has 0 radical (unpaired) electrons. The van der Waals surface area contributed by atoms with Gasteiger partial charge in [-0.2, -0.15) is 0 Å². The minimum Gasteiger partial charge on any atom is -0.386 e. The zero-order valence-electron chi connectivity index (χ0n) is 12.8. The van der Waals surface area contributed by atoms with Gasteiger partial charge in [0.25, 0.3) is 11.8 Å². The van der Waals surface area contributed by atoms with Crippen LogP contribution in [-0.2, 0) is 9.63 Å². The first-order valence-electron chi connectivity index (χ1n) is 8.01. The Morgan fingerprint density at radius 2 is 2.35 bits per heavy atom. The summed E-state index contributed by atoms with van der Waals surface area (Å²) in [6.45, 7) is 1.86. The topological polar surface area (TPSA) is 71.0 Å². The van der Waals surface area contributed by atoms with Crippen molar-refractivity contribution in [3.8, 4) is 0 Å². The molecular weight excluding hydrogens is 314 g/mol. The fourth-order valence-electron chi connectivity index (χ4n) is 3.10. The van der Waals surface area contributed by atoms with Crippen molar-refractivity contribution in [1.29, 1.82) is 0 Å². The first-order chi connectivity index (χ1) is 11.2. The molecule has 7 heteroatoms. The molecule has 1 saturated carbocycles. The molecule has 1 N–H and O–H groups in total. The summed E-state index contributed by atoms with van der Waals surface area (Å²) in [6, 6.07) is 3.71. The monoisotopic (exact) mass is 333 g/mol. The summed E-state index contributed by atoms with van der Waals surface area (Å²) in [5.41, 5.74) is -0.0600. The SMILES string of the molecule is O=C(NCC1CC1)C1=NO[C@@]2(CCN(C(=O)c3cccs3)C2)C1. The molecule has 1 atom stereocenters. The lowest BCUT2D eigenvalue weighted by Gasteiger charge is -2.21. The number of nitrogens with one attached hydrogen (secondary N) is 1. The Kier molecular flexibility index (Phi) is 3.60. The van der Waals surface area contributed by atoms with Gasteiger partial charge in [-0.3, -0.25) is 9.59 Å². The molecule has 1 saturated heterocycles. The van der Waals surface area contributed by atoms with Crippen molar-refractivity contribution >= 4 is 28.9 Å². The van der Waals surface area contributed by atoms with E-state index in [4.69, 9.17) is 4.84 Å². The van der Waals surface area contributed by atoms with E-state index in [9.17, 15) is 9.59 Å². The molecule has 23 heavy (non-hydrogen) atoms. The normalized spacial score (nSPS) is 26.3. The maximum Gasteiger partial charge on any atom is 0.269 e. The standard InChI is InChI=1S/C16H19N3O3S/c20-14(17-9-11-3-4-11)12-8-16(22-18-12)5-6-19(10-16)15(21)13-2-1-7-23-13/h1-2,7,11H,3-6,8-10H2,(H,17,20)/t16-/m0/s1. The highest BCUT2D eigenvalue weighted by molar-refractivity contribution is 7.12. The van der Waals surface area contributed by atoms with Gasteiger partial charge in [-0.05, 0) is 30.2 Å². The second-order valence-corrected chi connectivity index (χ2v) is 7.54. The zero-order chi connectivity index (χ0) is 15.9. The van der Waals surface area contributed by atoms with Gasteiger partial charge in [-0.1, -0.05) is 11.2 Å². The lowest BCUT2D eigenvalue weighted by atomic mass is 9.96. The summed E-state index contributed by atoms with van der Waals surface area (Å²) in [6.07, 6.45) is 3.60. The Morgan fingerprint density at radius 1 is 1.48 bits per heavy atom. The molecule has 6 nitrogen and oxygen atoms in total. The van der Waals surface area contributed by atoms with Gasteiger partial charge < -0.3 is 15.1 Å². The van der Waals surface area contributed by atoms with Crippen LogP contribution in [0.15, 0.2) is 22.7 Å². The molecule has 1 aromatic heterocycles. The van der Waals surface area contributed by atoms with Gasteiger partial charge in [0, 0.05) is 25.9 Å². The van der Waals surface area contributed by atoms with Crippen LogP contribution >= 0.6 is 11.3 Å². The predicted molar refractivity (Wildman–Crippen MR) is 86.4 cm³/mol. The molecule has 1 spiro atoms. The highest BCUT2D eigenvalue weighted by Gasteiger charge is 2.48. The Hall–Kier alpha value is -1.89. The fourth-order valence-corrected chi connectivity index (χ4v) is 3.79. The molecule has 1 aromatic rings. The Labute approximate surface area is 138 Å². The van der Waals surface area contributed by atoms with Gasteiger partial charge >= 0.3 is 0 Å². The van der Waals surface area contributed by atoms with Crippen LogP contribution in [0.4, 0.5) is 0 Å². The molecule has 1 aliphatic carbocycles. The van der Waals surface area contributed by atoms with Crippen molar-refractivity contribution in [2.24, 2.45) is 11.1 Å². The minimum atomic E-state index is -0.515. The van der Waals surface area contributed by atoms with Crippen molar-refractivity contribution in [3.05, 3.63) is 22.4 Å². The average molecular weight is 333 g/mol. The predicted octanol–water partition coefficient (Wildman–Crippen LogP) is 1.64. The first kappa shape index (κ1) is 14.7. The van der Waals surface area contributed by atoms with Crippen LogP contribution in [0.25, 0.3) is 0 Å². The zero-order valence-corrected chi connectivity index (χ0v) is 13.6. The summed E-state index contributed by atoms with van der Waals surface area (Å²) < 4.78 is 0. The number of likely N-dealkylation sites (tertiary alicyclic amines) is 1. The molecule has 0 unspecified atom stereocenters. The van der Waals surface area contributed by atoms with Crippen molar-refractivity contribution in [3.63, 3.8) is 0 Å². The summed E-state index contributed by atoms with van der Waals surface area (Å²) in [4.78, 5) is 32.7. The minimum absolute atomic E-state index is 0.0344. The summed E-state index contributed by atoms with van der Waals surface area (Å²) in [7, 11) is 0. The van der Waals surface area contributed by atoms with Gasteiger partial charge in [0.2, 0.25) is 0 Å². The van der Waals surface area contributed by atoms with E-state index in [1.54, 1.807) is 4.90 Å². The molecule has 2 fully saturated rings. The molecule has 3 aliphatic rings. The van der Waals surface area contributed by atoms with Gasteiger partial charge in [-0.15, -0.1) is 11.3 Å². The van der Waals surface area contributed by atoms with Gasteiger partial charge in [0.05, 0.1) is 11.4 Å². The third-order valence-corrected chi connectivity index (χ3v) is 5.54. The van der Waals surface area contributed by atoms with Gasteiger partial charge in [0.1, 0.15) is 5.71 Å². The van der Waals surface area contributed by atoms with Gasteiger partial charge in [0.15, 0.2) is 5.60 Å². The van der Waals surface area contributed by atoms with Crippen LogP contribution in [0.5, 0.6) is 0 Å². The number of hydrogen-bond donors (Lipinski definition) is 1. The van der Waals surface area contributed by atoms with E-state index in [0.717, 1.165) is 11.4 Å². The largest absolute Gasteiger partial charge is 0.386 e. The number of carbonyl (C=O) groups is 2. The average Bonchev–Trinajstić information content (AvgIpc) is 3.00. The molecule has 3 heterocycles. The lowest BCUT2D eigenvalue weighted by Crippen LogP contribution is -2.38. The molecular formula is C16H19N3O3S. The second-order valence-electron chi connectivity index (χ2n) is 6.60. The molecule has 2 aliphatic heterocycles. The van der Waals surface area contributed by atoms with Crippen molar-refractivity contribution < 1.29 is 14.4 Å². The van der Waals surface area contributed by atoms with E-state index >= 15 is 0 Å². The summed E-state index contributed by atoms with van der Waals surface area (Å²) >= 11 is 1.44. The van der Waals surface area contributed by atoms with Crippen LogP contribution < -0.4 is 5.32 Å². The molecule has 0 aromatic carbocycles. The first-order valence-corrected chi connectivity index (χ1v) is 8.89. The molecule has 122 valence electrons. The van der Waals surface area contributed by atoms with E-state index in [1.807, 2.05) is 17.5 Å². The summed E-state index contributed by atoms with van der Waals surface area (Å²) in [5.74, 6) is 0.546. The van der Waals surface area contributed by atoms with Crippen molar-refractivity contribution in [1.82, 2.24) is 10.2 Å². The van der Waals surface area contributed by atoms with E-state index in [2.05, 4.69) is 10.5 Å². The maximum absolute atomic E-state index is 12.4. The summed E-state index contributed by atoms with van der Waals surface area (Å²) in [5, 5.41) is 8.82. The van der Waals surface area contributed by atoms with E-state index in [-0.39, 0.29) is 11.8 Å². The van der Waals surface area contributed by atoms with Crippen LogP contribution in [-0.4, -0.2) is 47.7 Å². The van der Waals surface area contributed by atoms with E-state index in [1.165, 1.54) is 24.2 Å². The van der Waals surface area contributed by atoms with Crippen LogP contribution in [0, 0.1) is 5.92 Å². The fraction of sp³-hybridized carbons (Fsp3) is 0.562. The smallest absolute Gasteiger partial charge is 0.269 e. The van der Waals surface area contributed by atoms with Crippen LogP contribution in [0.3, 0.4) is 0 Å². The Balaban J connectivity index is 1.34. The number of carbonyl (C=O) groups excluding carboxylic acids is 2. The molecule has 0 bridgehead atoms. The Morgan fingerprint density at radius 3 is 3.09 bits per heavy atom. The number of rotatable bonds is 4. The Bertz CT molecular complexity index is 654. The van der Waals surface area contributed by atoms with Crippen LogP contribution in [0.1, 0.15) is 35.4 Å². The number of hydrogen-bond acceptors (Lipinski definition) is 5. The van der Waals surface area contributed by atoms with Crippen molar-refractivity contribution in [2.45, 2.75) is 31.3 Å². The number of amides is 2. The molecule has 2 amide bonds. The number of thiophene rings is 1. The second kappa shape index (κ2) is 5.63. The maximum atomic E-state index is 12.4. The van der Waals surface area contributed by atoms with Gasteiger partial charge in [-0.25, -0.2) is 0 Å². The van der Waals surface area contributed by atoms with E-state index < -0.39 is 5.60 Å². The highest BCUT2D eigenvalue weighted by Crippen LogP contribution is 2.35. The number of oxime groups is 1. The quantitative estimate of drug-likeness (QED) is 0.910. The number of nitrogens with zero attached hydrogens (tertiary/aromatic N) is 2. The van der Waals surface area contributed by atoms with E-state index in [0.29, 0.717) is 37.6 Å². The van der Waals surface area contributed by atoms with Crippen LogP contribution in [0.2, 0.25) is 0 Å². The molecule has 4 rings (SSSR count). The lowest BCUT2D eigenvalue weighted by molar-refractivity contribution is -0.115. The highest BCUT2D eigenvalue weighted by atomic mass is 32.1.